The summed E-state index contributed by atoms with van der Waals surface area (Å²) in [4.78, 5) is 11.5. The molecule has 1 rings (SSSR count). The van der Waals surface area contributed by atoms with E-state index < -0.39 is 0 Å². The van der Waals surface area contributed by atoms with Crippen LogP contribution in [-0.4, -0.2) is 10.7 Å². The van der Waals surface area contributed by atoms with Crippen molar-refractivity contribution < 1.29 is 4.79 Å². The number of rotatable bonds is 4. The van der Waals surface area contributed by atoms with Gasteiger partial charge in [-0.3, -0.25) is 4.79 Å². The number of hydrogen-bond acceptors (Lipinski definition) is 2. The fraction of sp³-hybridized carbons (Fsp3) is 0.545. The number of carbonyl (C=O) groups is 1. The first-order valence-corrected chi connectivity index (χ1v) is 6.81. The lowest BCUT2D eigenvalue weighted by atomic mass is 10.1. The molecule has 0 fully saturated rings. The van der Waals surface area contributed by atoms with E-state index >= 15 is 0 Å². The van der Waals surface area contributed by atoms with Gasteiger partial charge in [0.15, 0.2) is 0 Å². The van der Waals surface area contributed by atoms with Crippen LogP contribution in [-0.2, 0) is 11.3 Å². The zero-order valence-electron chi connectivity index (χ0n) is 9.21. The molecule has 0 aliphatic heterocycles. The van der Waals surface area contributed by atoms with Crippen molar-refractivity contribution in [3.63, 3.8) is 0 Å². The molecule has 0 radical (unpaired) electrons. The Balaban J connectivity index is 2.44. The molecule has 1 atom stereocenters. The van der Waals surface area contributed by atoms with Gasteiger partial charge in [-0.2, -0.15) is 11.3 Å². The number of amides is 1. The molecule has 1 aromatic heterocycles. The fourth-order valence-corrected chi connectivity index (χ4v) is 2.17. The molecule has 1 unspecified atom stereocenters. The summed E-state index contributed by atoms with van der Waals surface area (Å²) in [6, 6.07) is 0. The third-order valence-electron chi connectivity index (χ3n) is 2.25. The molecule has 0 saturated carbocycles. The molecular formula is C11H16BrNOS. The lowest BCUT2D eigenvalue weighted by Gasteiger charge is -2.13. The Morgan fingerprint density at radius 2 is 2.20 bits per heavy atom. The van der Waals surface area contributed by atoms with E-state index in [2.05, 4.69) is 38.9 Å². The molecule has 84 valence electrons. The van der Waals surface area contributed by atoms with E-state index in [1.807, 2.05) is 13.8 Å². The Labute approximate surface area is 103 Å². The van der Waals surface area contributed by atoms with Gasteiger partial charge in [0.1, 0.15) is 0 Å². The Morgan fingerprint density at radius 1 is 1.53 bits per heavy atom. The van der Waals surface area contributed by atoms with E-state index in [1.165, 1.54) is 11.1 Å². The summed E-state index contributed by atoms with van der Waals surface area (Å²) < 4.78 is 0. The van der Waals surface area contributed by atoms with Gasteiger partial charge in [0.05, 0.1) is 4.83 Å². The van der Waals surface area contributed by atoms with Crippen LogP contribution in [0.25, 0.3) is 0 Å². The summed E-state index contributed by atoms with van der Waals surface area (Å²) >= 11 is 5.05. The standard InChI is InChI=1S/C11H16BrNOS/c1-7(2)10(12)11(14)13-4-9-6-15-5-8(9)3/h5-7,10H,4H2,1-3H3,(H,13,14). The van der Waals surface area contributed by atoms with Gasteiger partial charge < -0.3 is 5.32 Å². The van der Waals surface area contributed by atoms with E-state index in [4.69, 9.17) is 0 Å². The quantitative estimate of drug-likeness (QED) is 0.848. The predicted octanol–water partition coefficient (Wildman–Crippen LogP) is 3.09. The number of thiophene rings is 1. The minimum atomic E-state index is -0.101. The highest BCUT2D eigenvalue weighted by Crippen LogP contribution is 2.15. The molecule has 0 bridgehead atoms. The van der Waals surface area contributed by atoms with E-state index in [0.29, 0.717) is 12.5 Å². The molecule has 0 aliphatic rings. The van der Waals surface area contributed by atoms with Crippen LogP contribution in [0.3, 0.4) is 0 Å². The zero-order valence-corrected chi connectivity index (χ0v) is 11.6. The fourth-order valence-electron chi connectivity index (χ4n) is 1.15. The normalized spacial score (nSPS) is 12.9. The maximum atomic E-state index is 11.6. The molecule has 1 aromatic rings. The van der Waals surface area contributed by atoms with E-state index in [1.54, 1.807) is 11.3 Å². The van der Waals surface area contributed by atoms with Crippen LogP contribution in [0.1, 0.15) is 25.0 Å². The van der Waals surface area contributed by atoms with Gasteiger partial charge in [-0.05, 0) is 34.7 Å². The van der Waals surface area contributed by atoms with Gasteiger partial charge in [-0.1, -0.05) is 29.8 Å². The van der Waals surface area contributed by atoms with Crippen molar-refractivity contribution >= 4 is 33.2 Å². The first kappa shape index (κ1) is 12.7. The van der Waals surface area contributed by atoms with Crippen LogP contribution >= 0.6 is 27.3 Å². The largest absolute Gasteiger partial charge is 0.351 e. The van der Waals surface area contributed by atoms with Crippen LogP contribution in [0, 0.1) is 12.8 Å². The van der Waals surface area contributed by atoms with Crippen molar-refractivity contribution in [1.29, 1.82) is 0 Å². The molecule has 0 aromatic carbocycles. The Hall–Kier alpha value is -0.350. The highest BCUT2D eigenvalue weighted by Gasteiger charge is 2.18. The Kier molecular flexibility index (Phi) is 4.80. The van der Waals surface area contributed by atoms with Gasteiger partial charge in [0, 0.05) is 6.54 Å². The maximum absolute atomic E-state index is 11.6. The highest BCUT2D eigenvalue weighted by molar-refractivity contribution is 9.10. The van der Waals surface area contributed by atoms with Crippen LogP contribution in [0.5, 0.6) is 0 Å². The Bertz CT molecular complexity index is 335. The first-order valence-electron chi connectivity index (χ1n) is 4.95. The third-order valence-corrected chi connectivity index (χ3v) is 4.63. The van der Waals surface area contributed by atoms with Gasteiger partial charge >= 0.3 is 0 Å². The van der Waals surface area contributed by atoms with Crippen molar-refractivity contribution in [3.8, 4) is 0 Å². The number of halogens is 1. The predicted molar refractivity (Wildman–Crippen MR) is 68.5 cm³/mol. The molecule has 15 heavy (non-hydrogen) atoms. The van der Waals surface area contributed by atoms with Gasteiger partial charge in [-0.15, -0.1) is 0 Å². The molecule has 0 spiro atoms. The number of hydrogen-bond donors (Lipinski definition) is 1. The van der Waals surface area contributed by atoms with Gasteiger partial charge in [-0.25, -0.2) is 0 Å². The van der Waals surface area contributed by atoms with Crippen LogP contribution in [0.4, 0.5) is 0 Å². The topological polar surface area (TPSA) is 29.1 Å². The second-order valence-electron chi connectivity index (χ2n) is 3.94. The molecule has 1 heterocycles. The Morgan fingerprint density at radius 3 is 2.67 bits per heavy atom. The van der Waals surface area contributed by atoms with Crippen LogP contribution in [0.15, 0.2) is 10.8 Å². The monoisotopic (exact) mass is 289 g/mol. The molecule has 2 nitrogen and oxygen atoms in total. The molecular weight excluding hydrogens is 274 g/mol. The summed E-state index contributed by atoms with van der Waals surface area (Å²) in [7, 11) is 0. The second-order valence-corrected chi connectivity index (χ2v) is 5.67. The van der Waals surface area contributed by atoms with Crippen molar-refractivity contribution in [3.05, 3.63) is 21.9 Å². The molecule has 0 aliphatic carbocycles. The number of nitrogens with one attached hydrogen (secondary N) is 1. The van der Waals surface area contributed by atoms with Crippen molar-refractivity contribution in [2.45, 2.75) is 32.1 Å². The summed E-state index contributed by atoms with van der Waals surface area (Å²) in [5.41, 5.74) is 2.45. The zero-order chi connectivity index (χ0) is 11.4. The van der Waals surface area contributed by atoms with Crippen molar-refractivity contribution in [2.24, 2.45) is 5.92 Å². The smallest absolute Gasteiger partial charge is 0.234 e. The minimum absolute atomic E-state index is 0.0654. The lowest BCUT2D eigenvalue weighted by molar-refractivity contribution is -0.121. The van der Waals surface area contributed by atoms with Crippen LogP contribution < -0.4 is 5.32 Å². The summed E-state index contributed by atoms with van der Waals surface area (Å²) in [5.74, 6) is 0.379. The summed E-state index contributed by atoms with van der Waals surface area (Å²) in [6.07, 6.45) is 0. The number of aryl methyl sites for hydroxylation is 1. The van der Waals surface area contributed by atoms with E-state index in [0.717, 1.165) is 0 Å². The van der Waals surface area contributed by atoms with Crippen molar-refractivity contribution in [1.82, 2.24) is 5.32 Å². The maximum Gasteiger partial charge on any atom is 0.234 e. The summed E-state index contributed by atoms with van der Waals surface area (Å²) in [5, 5.41) is 7.10. The number of carbonyl (C=O) groups excluding carboxylic acids is 1. The lowest BCUT2D eigenvalue weighted by Crippen LogP contribution is -2.33. The minimum Gasteiger partial charge on any atom is -0.351 e. The molecule has 0 saturated heterocycles. The molecule has 4 heteroatoms. The molecule has 1 amide bonds. The highest BCUT2D eigenvalue weighted by atomic mass is 79.9. The molecule has 1 N–H and O–H groups in total. The van der Waals surface area contributed by atoms with Gasteiger partial charge in [0.25, 0.3) is 0 Å². The number of alkyl halides is 1. The van der Waals surface area contributed by atoms with E-state index in [9.17, 15) is 4.79 Å². The van der Waals surface area contributed by atoms with Crippen LogP contribution in [0.2, 0.25) is 0 Å². The second kappa shape index (κ2) is 5.66. The first-order chi connectivity index (χ1) is 7.02. The van der Waals surface area contributed by atoms with Gasteiger partial charge in [0.2, 0.25) is 5.91 Å². The third kappa shape index (κ3) is 3.61. The average Bonchev–Trinajstić information content (AvgIpc) is 2.59. The van der Waals surface area contributed by atoms with Crippen molar-refractivity contribution in [2.75, 3.05) is 0 Å². The average molecular weight is 290 g/mol. The SMILES string of the molecule is Cc1cscc1CNC(=O)C(Br)C(C)C. The van der Waals surface area contributed by atoms with E-state index in [-0.39, 0.29) is 10.7 Å². The summed E-state index contributed by atoms with van der Waals surface area (Å²) in [6.45, 7) is 6.73.